The van der Waals surface area contributed by atoms with E-state index in [9.17, 15) is 21.6 Å². The molecule has 0 bridgehead atoms. The summed E-state index contributed by atoms with van der Waals surface area (Å²) >= 11 is 0. The molecule has 0 saturated heterocycles. The molecule has 0 fully saturated rings. The zero-order chi connectivity index (χ0) is 17.5. The molecule has 124 valence electrons. The second-order valence-electron chi connectivity index (χ2n) is 5.04. The quantitative estimate of drug-likeness (QED) is 0.701. The maximum Gasteiger partial charge on any atom is 0.268 e. The van der Waals surface area contributed by atoms with Crippen molar-refractivity contribution in [2.45, 2.75) is 9.79 Å². The molecule has 2 N–H and O–H groups in total. The zero-order valence-electron chi connectivity index (χ0n) is 12.2. The summed E-state index contributed by atoms with van der Waals surface area (Å²) in [7, 11) is -7.90. The molecule has 1 heterocycles. The lowest BCUT2D eigenvalue weighted by Gasteiger charge is -2.07. The zero-order valence-corrected chi connectivity index (χ0v) is 13.8. The van der Waals surface area contributed by atoms with Crippen molar-refractivity contribution in [3.8, 4) is 0 Å². The van der Waals surface area contributed by atoms with E-state index in [1.165, 1.54) is 30.3 Å². The number of nitrogens with zero attached hydrogens (tertiary/aromatic N) is 1. The van der Waals surface area contributed by atoms with Gasteiger partial charge in [0.15, 0.2) is 6.29 Å². The first kappa shape index (κ1) is 16.4. The number of aromatic nitrogens is 1. The third-order valence-electron chi connectivity index (χ3n) is 3.53. The summed E-state index contributed by atoms with van der Waals surface area (Å²) in [4.78, 5) is 11.1. The van der Waals surface area contributed by atoms with Crippen LogP contribution >= 0.6 is 0 Å². The highest BCUT2D eigenvalue weighted by Gasteiger charge is 2.22. The minimum absolute atomic E-state index is 0.0508. The number of benzene rings is 2. The van der Waals surface area contributed by atoms with Crippen molar-refractivity contribution in [1.82, 2.24) is 3.97 Å². The first-order chi connectivity index (χ1) is 11.2. The van der Waals surface area contributed by atoms with Crippen molar-refractivity contribution < 1.29 is 21.6 Å². The van der Waals surface area contributed by atoms with Crippen LogP contribution in [0.4, 0.5) is 0 Å². The van der Waals surface area contributed by atoms with E-state index in [0.29, 0.717) is 6.29 Å². The molecule has 0 aliphatic heterocycles. The van der Waals surface area contributed by atoms with Crippen molar-refractivity contribution in [2.24, 2.45) is 5.14 Å². The van der Waals surface area contributed by atoms with E-state index in [2.05, 4.69) is 0 Å². The van der Waals surface area contributed by atoms with E-state index in [-0.39, 0.29) is 26.3 Å². The predicted molar refractivity (Wildman–Crippen MR) is 87.7 cm³/mol. The van der Waals surface area contributed by atoms with Crippen LogP contribution in [-0.4, -0.2) is 27.1 Å². The number of hydrogen-bond acceptors (Lipinski definition) is 5. The Morgan fingerprint density at radius 3 is 2.17 bits per heavy atom. The van der Waals surface area contributed by atoms with Gasteiger partial charge in [0, 0.05) is 17.1 Å². The molecular formula is C15H12N2O5S2. The van der Waals surface area contributed by atoms with Crippen molar-refractivity contribution in [3.05, 3.63) is 60.3 Å². The minimum Gasteiger partial charge on any atom is -0.298 e. The standard InChI is InChI=1S/C15H12N2O5S2/c16-23(19,20)13-6-7-15-14(8-13)11(10-18)9-17(15)24(21,22)12-4-2-1-3-5-12/h1-10H,(H2,16,19,20). The molecule has 0 atom stereocenters. The number of carbonyl (C=O) groups excluding carboxylic acids is 1. The SMILES string of the molecule is NS(=O)(=O)c1ccc2c(c1)c(C=O)cn2S(=O)(=O)c1ccccc1. The molecular weight excluding hydrogens is 352 g/mol. The molecule has 0 spiro atoms. The van der Waals surface area contributed by atoms with Gasteiger partial charge in [0.1, 0.15) is 0 Å². The van der Waals surface area contributed by atoms with E-state index in [0.717, 1.165) is 10.2 Å². The number of aldehydes is 1. The van der Waals surface area contributed by atoms with Crippen LogP contribution in [0.15, 0.2) is 64.5 Å². The summed E-state index contributed by atoms with van der Waals surface area (Å²) in [5.41, 5.74) is 0.239. The highest BCUT2D eigenvalue weighted by Crippen LogP contribution is 2.27. The number of nitrogens with two attached hydrogens (primary N) is 1. The van der Waals surface area contributed by atoms with E-state index in [1.807, 2.05) is 0 Å². The first-order valence-corrected chi connectivity index (χ1v) is 9.67. The van der Waals surface area contributed by atoms with Gasteiger partial charge in [-0.3, -0.25) is 4.79 Å². The molecule has 2 aromatic carbocycles. The van der Waals surface area contributed by atoms with Gasteiger partial charge >= 0.3 is 0 Å². The molecule has 0 amide bonds. The number of sulfonamides is 1. The van der Waals surface area contributed by atoms with Gasteiger partial charge in [-0.2, -0.15) is 0 Å². The smallest absolute Gasteiger partial charge is 0.268 e. The summed E-state index contributed by atoms with van der Waals surface area (Å²) in [5.74, 6) is 0. The lowest BCUT2D eigenvalue weighted by atomic mass is 10.2. The van der Waals surface area contributed by atoms with Crippen LogP contribution in [0.5, 0.6) is 0 Å². The summed E-state index contributed by atoms with van der Waals surface area (Å²) in [6, 6.07) is 11.4. The molecule has 0 unspecified atom stereocenters. The monoisotopic (exact) mass is 364 g/mol. The number of carbonyl (C=O) groups is 1. The first-order valence-electron chi connectivity index (χ1n) is 6.69. The number of primary sulfonamides is 1. The molecule has 24 heavy (non-hydrogen) atoms. The molecule has 0 aliphatic carbocycles. The van der Waals surface area contributed by atoms with Gasteiger partial charge in [-0.15, -0.1) is 0 Å². The van der Waals surface area contributed by atoms with Gasteiger partial charge in [0.2, 0.25) is 10.0 Å². The Kier molecular flexibility index (Phi) is 3.78. The van der Waals surface area contributed by atoms with Gasteiger partial charge in [-0.25, -0.2) is 25.9 Å². The van der Waals surface area contributed by atoms with Crippen molar-refractivity contribution in [2.75, 3.05) is 0 Å². The largest absolute Gasteiger partial charge is 0.298 e. The van der Waals surface area contributed by atoms with Crippen molar-refractivity contribution in [1.29, 1.82) is 0 Å². The third kappa shape index (κ3) is 2.62. The molecule has 7 nitrogen and oxygen atoms in total. The fourth-order valence-electron chi connectivity index (χ4n) is 2.38. The van der Waals surface area contributed by atoms with Crippen molar-refractivity contribution in [3.63, 3.8) is 0 Å². The van der Waals surface area contributed by atoms with Gasteiger partial charge in [0.25, 0.3) is 10.0 Å². The molecule has 0 saturated carbocycles. The van der Waals surface area contributed by atoms with Crippen LogP contribution in [-0.2, 0) is 20.0 Å². The van der Waals surface area contributed by atoms with Gasteiger partial charge in [-0.05, 0) is 30.3 Å². The molecule has 9 heteroatoms. The van der Waals surface area contributed by atoms with Crippen LogP contribution in [0, 0.1) is 0 Å². The van der Waals surface area contributed by atoms with Crippen molar-refractivity contribution >= 4 is 37.2 Å². The number of rotatable bonds is 4. The lowest BCUT2D eigenvalue weighted by Crippen LogP contribution is -2.13. The summed E-state index contributed by atoms with van der Waals surface area (Å²) < 4.78 is 49.4. The van der Waals surface area contributed by atoms with Gasteiger partial charge in [0.05, 0.1) is 15.3 Å². The van der Waals surface area contributed by atoms with E-state index in [1.54, 1.807) is 18.2 Å². The Morgan fingerprint density at radius 1 is 0.917 bits per heavy atom. The molecule has 1 aromatic heterocycles. The van der Waals surface area contributed by atoms with E-state index >= 15 is 0 Å². The second kappa shape index (κ2) is 5.55. The normalized spacial score (nSPS) is 12.4. The Bertz CT molecular complexity index is 1150. The summed E-state index contributed by atoms with van der Waals surface area (Å²) in [6.07, 6.45) is 1.62. The van der Waals surface area contributed by atoms with Gasteiger partial charge in [-0.1, -0.05) is 18.2 Å². The Morgan fingerprint density at radius 2 is 1.58 bits per heavy atom. The fourth-order valence-corrected chi connectivity index (χ4v) is 4.32. The molecule has 0 radical (unpaired) electrons. The highest BCUT2D eigenvalue weighted by atomic mass is 32.2. The number of fused-ring (bicyclic) bond motifs is 1. The molecule has 3 rings (SSSR count). The maximum atomic E-state index is 12.8. The predicted octanol–water partition coefficient (Wildman–Crippen LogP) is 1.34. The van der Waals surface area contributed by atoms with E-state index < -0.39 is 20.0 Å². The van der Waals surface area contributed by atoms with Crippen LogP contribution in [0.2, 0.25) is 0 Å². The van der Waals surface area contributed by atoms with Gasteiger partial charge < -0.3 is 0 Å². The topological polar surface area (TPSA) is 116 Å². The Labute approximate surface area is 138 Å². The highest BCUT2D eigenvalue weighted by molar-refractivity contribution is 7.90. The third-order valence-corrected chi connectivity index (χ3v) is 6.13. The van der Waals surface area contributed by atoms with Crippen LogP contribution in [0.3, 0.4) is 0 Å². The second-order valence-corrected chi connectivity index (χ2v) is 8.42. The number of hydrogen-bond donors (Lipinski definition) is 1. The Balaban J connectivity index is 2.33. The van der Waals surface area contributed by atoms with Crippen LogP contribution in [0.1, 0.15) is 10.4 Å². The lowest BCUT2D eigenvalue weighted by molar-refractivity contribution is 0.112. The summed E-state index contributed by atoms with van der Waals surface area (Å²) in [6.45, 7) is 0. The van der Waals surface area contributed by atoms with Crippen LogP contribution in [0.25, 0.3) is 10.9 Å². The Hall–Kier alpha value is -2.49. The minimum atomic E-state index is -3.97. The maximum absolute atomic E-state index is 12.8. The fraction of sp³-hybridized carbons (Fsp3) is 0. The van der Waals surface area contributed by atoms with Crippen LogP contribution < -0.4 is 5.14 Å². The molecule has 3 aromatic rings. The van der Waals surface area contributed by atoms with E-state index in [4.69, 9.17) is 5.14 Å². The average molecular weight is 364 g/mol. The summed E-state index contributed by atoms with van der Waals surface area (Å²) in [5, 5.41) is 5.27. The average Bonchev–Trinajstić information content (AvgIpc) is 2.93. The molecule has 0 aliphatic rings.